The molecular weight excluding hydrogens is 425 g/mol. The highest BCUT2D eigenvalue weighted by Gasteiger charge is 2.25. The first-order valence-corrected chi connectivity index (χ1v) is 9.92. The number of carbonyl (C=O) groups excluding carboxylic acids is 1. The lowest BCUT2D eigenvalue weighted by Crippen LogP contribution is -2.31. The van der Waals surface area contributed by atoms with Gasteiger partial charge >= 0.3 is 0 Å². The van der Waals surface area contributed by atoms with Crippen molar-refractivity contribution >= 4 is 39.1 Å². The Labute approximate surface area is 170 Å². The molecule has 0 radical (unpaired) electrons. The maximum atomic E-state index is 12.5. The zero-order valence-electron chi connectivity index (χ0n) is 14.2. The topological polar surface area (TPSA) is 118 Å². The van der Waals surface area contributed by atoms with Gasteiger partial charge in [-0.3, -0.25) is 4.79 Å². The van der Waals surface area contributed by atoms with Gasteiger partial charge in [-0.25, -0.2) is 17.8 Å². The molecule has 0 atom stereocenters. The maximum absolute atomic E-state index is 12.5. The fraction of sp³-hybridized carbons (Fsp3) is 0.0588. The molecule has 0 fully saturated rings. The van der Waals surface area contributed by atoms with Gasteiger partial charge in [0.15, 0.2) is 5.69 Å². The predicted octanol–water partition coefficient (Wildman–Crippen LogP) is 2.87. The third kappa shape index (κ3) is 3.84. The lowest BCUT2D eigenvalue weighted by Gasteiger charge is -2.08. The summed E-state index contributed by atoms with van der Waals surface area (Å²) in [4.78, 5) is 12.2. The molecule has 0 aliphatic heterocycles. The van der Waals surface area contributed by atoms with Crippen molar-refractivity contribution in [3.63, 3.8) is 0 Å². The van der Waals surface area contributed by atoms with Gasteiger partial charge in [-0.15, -0.1) is 5.10 Å². The third-order valence-corrected chi connectivity index (χ3v) is 5.55. The summed E-state index contributed by atoms with van der Waals surface area (Å²) in [7, 11) is -4.28. The van der Waals surface area contributed by atoms with E-state index in [9.17, 15) is 13.2 Å². The lowest BCUT2D eigenvalue weighted by molar-refractivity contribution is 0.0976. The van der Waals surface area contributed by atoms with E-state index in [0.717, 1.165) is 0 Å². The fourth-order valence-corrected chi connectivity index (χ4v) is 4.09. The largest absolute Gasteiger partial charge is 0.287 e. The molecule has 0 spiro atoms. The van der Waals surface area contributed by atoms with Gasteiger partial charge in [-0.05, 0) is 37.3 Å². The number of nitriles is 1. The molecule has 3 rings (SSSR count). The quantitative estimate of drug-likeness (QED) is 0.672. The van der Waals surface area contributed by atoms with E-state index in [2.05, 4.69) is 10.3 Å². The van der Waals surface area contributed by atoms with Gasteiger partial charge in [-0.1, -0.05) is 40.5 Å². The summed E-state index contributed by atoms with van der Waals surface area (Å²) < 4.78 is 28.2. The van der Waals surface area contributed by atoms with Crippen LogP contribution < -0.4 is 4.72 Å². The normalized spacial score (nSPS) is 11.1. The number of sulfonamides is 1. The summed E-state index contributed by atoms with van der Waals surface area (Å²) in [6, 6.07) is 12.0. The Balaban J connectivity index is 1.94. The van der Waals surface area contributed by atoms with Crippen LogP contribution in [0.25, 0.3) is 5.69 Å². The van der Waals surface area contributed by atoms with Crippen LogP contribution in [0.1, 0.15) is 21.7 Å². The van der Waals surface area contributed by atoms with Gasteiger partial charge in [0.05, 0.1) is 16.9 Å². The summed E-state index contributed by atoms with van der Waals surface area (Å²) in [5.74, 6) is -0.982. The summed E-state index contributed by atoms with van der Waals surface area (Å²) in [5, 5.41) is 17.4. The van der Waals surface area contributed by atoms with Crippen LogP contribution in [0.3, 0.4) is 0 Å². The van der Waals surface area contributed by atoms with Gasteiger partial charge in [-0.2, -0.15) is 5.26 Å². The molecule has 0 aliphatic carbocycles. The SMILES string of the molecule is Cc1c(C(=O)NS(=O)(=O)c2ccccc2C#N)nnn1-c1cc(Cl)cc(Cl)c1. The van der Waals surface area contributed by atoms with Gasteiger partial charge in [0.2, 0.25) is 0 Å². The van der Waals surface area contributed by atoms with Crippen molar-refractivity contribution in [1.82, 2.24) is 19.7 Å². The fourth-order valence-electron chi connectivity index (χ4n) is 2.46. The number of aromatic nitrogens is 3. The highest BCUT2D eigenvalue weighted by molar-refractivity contribution is 7.90. The van der Waals surface area contributed by atoms with Crippen molar-refractivity contribution in [2.45, 2.75) is 11.8 Å². The summed E-state index contributed by atoms with van der Waals surface area (Å²) in [6.07, 6.45) is 0. The van der Waals surface area contributed by atoms with Crippen molar-refractivity contribution in [2.75, 3.05) is 0 Å². The number of halogens is 2. The molecule has 28 heavy (non-hydrogen) atoms. The molecule has 11 heteroatoms. The molecule has 3 aromatic rings. The Kier molecular flexibility index (Phi) is 5.38. The lowest BCUT2D eigenvalue weighted by atomic mass is 10.2. The van der Waals surface area contributed by atoms with Crippen LogP contribution in [0.2, 0.25) is 10.0 Å². The number of hydrogen-bond donors (Lipinski definition) is 1. The molecule has 1 amide bonds. The summed E-state index contributed by atoms with van der Waals surface area (Å²) >= 11 is 11.9. The number of carbonyl (C=O) groups is 1. The van der Waals surface area contributed by atoms with E-state index >= 15 is 0 Å². The van der Waals surface area contributed by atoms with Crippen LogP contribution >= 0.6 is 23.2 Å². The second-order valence-electron chi connectivity index (χ2n) is 5.61. The zero-order chi connectivity index (χ0) is 20.5. The molecular formula is C17H11Cl2N5O3S. The molecule has 0 saturated heterocycles. The predicted molar refractivity (Wildman–Crippen MR) is 102 cm³/mol. The zero-order valence-corrected chi connectivity index (χ0v) is 16.5. The van der Waals surface area contributed by atoms with Crippen molar-refractivity contribution < 1.29 is 13.2 Å². The highest BCUT2D eigenvalue weighted by Crippen LogP contribution is 2.23. The van der Waals surface area contributed by atoms with Crippen molar-refractivity contribution in [2.24, 2.45) is 0 Å². The van der Waals surface area contributed by atoms with Crippen molar-refractivity contribution in [3.05, 3.63) is 69.5 Å². The average Bonchev–Trinajstić information content (AvgIpc) is 3.02. The van der Waals surface area contributed by atoms with Crippen molar-refractivity contribution in [3.8, 4) is 11.8 Å². The Bertz CT molecular complexity index is 1210. The average molecular weight is 436 g/mol. The van der Waals surface area contributed by atoms with E-state index in [0.29, 0.717) is 15.7 Å². The first-order valence-electron chi connectivity index (χ1n) is 7.68. The van der Waals surface area contributed by atoms with Gasteiger partial charge in [0.25, 0.3) is 15.9 Å². The number of hydrogen-bond acceptors (Lipinski definition) is 6. The van der Waals surface area contributed by atoms with E-state index in [1.807, 2.05) is 4.72 Å². The summed E-state index contributed by atoms with van der Waals surface area (Å²) in [5.41, 5.74) is 0.449. The van der Waals surface area contributed by atoms with Crippen molar-refractivity contribution in [1.29, 1.82) is 5.26 Å². The number of nitrogens with one attached hydrogen (secondary N) is 1. The number of amides is 1. The Morgan fingerprint density at radius 2 is 1.82 bits per heavy atom. The van der Waals surface area contributed by atoms with Crippen LogP contribution in [0.15, 0.2) is 47.4 Å². The van der Waals surface area contributed by atoms with Crippen LogP contribution in [0.5, 0.6) is 0 Å². The third-order valence-electron chi connectivity index (χ3n) is 3.73. The number of nitrogens with zero attached hydrogens (tertiary/aromatic N) is 4. The standard InChI is InChI=1S/C17H11Cl2N5O3S/c1-10-16(21-23-24(10)14-7-12(18)6-13(19)8-14)17(25)22-28(26,27)15-5-3-2-4-11(15)9-20/h2-8H,1H3,(H,22,25). The maximum Gasteiger partial charge on any atom is 0.287 e. The van der Waals surface area contributed by atoms with Gasteiger partial charge in [0.1, 0.15) is 11.0 Å². The molecule has 2 aromatic carbocycles. The summed E-state index contributed by atoms with van der Waals surface area (Å²) in [6.45, 7) is 1.54. The van der Waals surface area contributed by atoms with Crippen LogP contribution in [-0.2, 0) is 10.0 Å². The molecule has 0 bridgehead atoms. The van der Waals surface area contributed by atoms with E-state index in [1.54, 1.807) is 25.1 Å². The van der Waals surface area contributed by atoms with E-state index in [4.69, 9.17) is 28.5 Å². The number of rotatable bonds is 4. The van der Waals surface area contributed by atoms with E-state index in [-0.39, 0.29) is 21.8 Å². The Hall–Kier alpha value is -2.93. The molecule has 0 saturated carbocycles. The van der Waals surface area contributed by atoms with Crippen LogP contribution in [0, 0.1) is 18.3 Å². The Morgan fingerprint density at radius 1 is 1.18 bits per heavy atom. The molecule has 0 unspecified atom stereocenters. The highest BCUT2D eigenvalue weighted by atomic mass is 35.5. The Morgan fingerprint density at radius 3 is 2.46 bits per heavy atom. The molecule has 1 aromatic heterocycles. The van der Waals surface area contributed by atoms with Crippen LogP contribution in [-0.4, -0.2) is 29.3 Å². The minimum atomic E-state index is -4.28. The smallest absolute Gasteiger partial charge is 0.266 e. The molecule has 0 aliphatic rings. The first-order chi connectivity index (χ1) is 13.2. The van der Waals surface area contributed by atoms with E-state index < -0.39 is 15.9 Å². The second kappa shape index (κ2) is 7.59. The molecule has 1 N–H and O–H groups in total. The monoisotopic (exact) mass is 435 g/mol. The number of benzene rings is 2. The molecule has 8 nitrogen and oxygen atoms in total. The van der Waals surface area contributed by atoms with E-state index in [1.165, 1.54) is 35.0 Å². The minimum absolute atomic E-state index is 0.0863. The molecule has 142 valence electrons. The van der Waals surface area contributed by atoms with Crippen LogP contribution in [0.4, 0.5) is 0 Å². The first kappa shape index (κ1) is 19.8. The minimum Gasteiger partial charge on any atom is -0.266 e. The second-order valence-corrected chi connectivity index (χ2v) is 8.13. The van der Waals surface area contributed by atoms with Gasteiger partial charge in [0, 0.05) is 10.0 Å². The van der Waals surface area contributed by atoms with Gasteiger partial charge < -0.3 is 0 Å². The molecule has 1 heterocycles.